The van der Waals surface area contributed by atoms with Gasteiger partial charge in [-0.05, 0) is 50.8 Å². The maximum absolute atomic E-state index is 6.20. The molecule has 1 rings (SSSR count). The molecule has 17 heavy (non-hydrogen) atoms. The Morgan fingerprint density at radius 2 is 1.88 bits per heavy atom. The van der Waals surface area contributed by atoms with Gasteiger partial charge in [0.15, 0.2) is 0 Å². The molecule has 0 aliphatic carbocycles. The standard InChI is InChI=1S/C15H24N2/c1-4-5-6-7-8-9-15(16)14-10-12(2)17-13(3)11-14/h4,10-11,15H,1,5-9,16H2,2-3H3. The molecule has 1 aromatic rings. The number of pyridine rings is 1. The fraction of sp³-hybridized carbons (Fsp3) is 0.533. The second-order valence-electron chi connectivity index (χ2n) is 4.72. The van der Waals surface area contributed by atoms with E-state index in [1.165, 1.54) is 24.8 Å². The molecule has 0 spiro atoms. The lowest BCUT2D eigenvalue weighted by Gasteiger charge is -2.13. The summed E-state index contributed by atoms with van der Waals surface area (Å²) in [6.07, 6.45) is 7.81. The number of aryl methyl sites for hydroxylation is 2. The summed E-state index contributed by atoms with van der Waals surface area (Å²) in [4.78, 5) is 4.37. The van der Waals surface area contributed by atoms with Crippen LogP contribution in [0.4, 0.5) is 0 Å². The predicted octanol–water partition coefficient (Wildman–Crippen LogP) is 3.83. The van der Waals surface area contributed by atoms with Crippen LogP contribution in [0.3, 0.4) is 0 Å². The third kappa shape index (κ3) is 5.14. The highest BCUT2D eigenvalue weighted by atomic mass is 14.7. The molecule has 2 N–H and O–H groups in total. The Morgan fingerprint density at radius 1 is 1.24 bits per heavy atom. The van der Waals surface area contributed by atoms with Gasteiger partial charge in [-0.1, -0.05) is 18.9 Å². The maximum atomic E-state index is 6.20. The summed E-state index contributed by atoms with van der Waals surface area (Å²) < 4.78 is 0. The molecular weight excluding hydrogens is 208 g/mol. The Balaban J connectivity index is 2.40. The number of aromatic nitrogens is 1. The summed E-state index contributed by atoms with van der Waals surface area (Å²) in [7, 11) is 0. The molecule has 94 valence electrons. The van der Waals surface area contributed by atoms with E-state index in [9.17, 15) is 0 Å². The van der Waals surface area contributed by atoms with E-state index in [-0.39, 0.29) is 6.04 Å². The molecular formula is C15H24N2. The minimum absolute atomic E-state index is 0.152. The lowest BCUT2D eigenvalue weighted by atomic mass is 10.0. The highest BCUT2D eigenvalue weighted by molar-refractivity contribution is 5.23. The van der Waals surface area contributed by atoms with Crippen molar-refractivity contribution in [2.24, 2.45) is 5.73 Å². The van der Waals surface area contributed by atoms with Gasteiger partial charge < -0.3 is 5.73 Å². The number of hydrogen-bond acceptors (Lipinski definition) is 2. The third-order valence-electron chi connectivity index (χ3n) is 2.96. The largest absolute Gasteiger partial charge is 0.324 e. The van der Waals surface area contributed by atoms with E-state index in [4.69, 9.17) is 5.73 Å². The van der Waals surface area contributed by atoms with Gasteiger partial charge in [0.2, 0.25) is 0 Å². The van der Waals surface area contributed by atoms with Gasteiger partial charge in [-0.2, -0.15) is 0 Å². The van der Waals surface area contributed by atoms with Crippen LogP contribution in [0.1, 0.15) is 55.1 Å². The summed E-state index contributed by atoms with van der Waals surface area (Å²) in [6.45, 7) is 7.77. The molecule has 0 radical (unpaired) electrons. The van der Waals surface area contributed by atoms with Gasteiger partial charge in [-0.3, -0.25) is 4.98 Å². The summed E-state index contributed by atoms with van der Waals surface area (Å²) in [5.74, 6) is 0. The predicted molar refractivity (Wildman–Crippen MR) is 73.9 cm³/mol. The first-order valence-corrected chi connectivity index (χ1v) is 6.45. The lowest BCUT2D eigenvalue weighted by molar-refractivity contribution is 0.571. The van der Waals surface area contributed by atoms with E-state index < -0.39 is 0 Å². The van der Waals surface area contributed by atoms with Crippen molar-refractivity contribution >= 4 is 0 Å². The molecule has 0 bridgehead atoms. The van der Waals surface area contributed by atoms with Crippen LogP contribution in [-0.4, -0.2) is 4.98 Å². The molecule has 1 aromatic heterocycles. The van der Waals surface area contributed by atoms with Crippen LogP contribution in [-0.2, 0) is 0 Å². The van der Waals surface area contributed by atoms with E-state index >= 15 is 0 Å². The van der Waals surface area contributed by atoms with Gasteiger partial charge in [-0.25, -0.2) is 0 Å². The third-order valence-corrected chi connectivity index (χ3v) is 2.96. The van der Waals surface area contributed by atoms with E-state index in [2.05, 4.69) is 23.7 Å². The lowest BCUT2D eigenvalue weighted by Crippen LogP contribution is -2.11. The van der Waals surface area contributed by atoms with Crippen molar-refractivity contribution in [3.8, 4) is 0 Å². The minimum Gasteiger partial charge on any atom is -0.324 e. The van der Waals surface area contributed by atoms with Crippen molar-refractivity contribution in [1.29, 1.82) is 0 Å². The first-order valence-electron chi connectivity index (χ1n) is 6.45. The summed E-state index contributed by atoms with van der Waals surface area (Å²) >= 11 is 0. The number of hydrogen-bond donors (Lipinski definition) is 1. The summed E-state index contributed by atoms with van der Waals surface area (Å²) in [5.41, 5.74) is 9.54. The van der Waals surface area contributed by atoms with Crippen LogP contribution >= 0.6 is 0 Å². The van der Waals surface area contributed by atoms with E-state index in [0.717, 1.165) is 24.2 Å². The molecule has 2 heteroatoms. The zero-order valence-corrected chi connectivity index (χ0v) is 11.1. The van der Waals surface area contributed by atoms with Crippen molar-refractivity contribution < 1.29 is 0 Å². The van der Waals surface area contributed by atoms with Gasteiger partial charge in [0.25, 0.3) is 0 Å². The van der Waals surface area contributed by atoms with Gasteiger partial charge in [0.05, 0.1) is 0 Å². The van der Waals surface area contributed by atoms with Crippen molar-refractivity contribution in [1.82, 2.24) is 4.98 Å². The highest BCUT2D eigenvalue weighted by Crippen LogP contribution is 2.19. The zero-order valence-electron chi connectivity index (χ0n) is 11.1. The molecule has 2 nitrogen and oxygen atoms in total. The number of nitrogens with two attached hydrogens (primary N) is 1. The molecule has 0 aliphatic rings. The van der Waals surface area contributed by atoms with E-state index in [1.807, 2.05) is 19.9 Å². The molecule has 0 amide bonds. The van der Waals surface area contributed by atoms with Crippen molar-refractivity contribution in [3.63, 3.8) is 0 Å². The number of allylic oxidation sites excluding steroid dienone is 1. The highest BCUT2D eigenvalue weighted by Gasteiger charge is 2.07. The molecule has 1 unspecified atom stereocenters. The summed E-state index contributed by atoms with van der Waals surface area (Å²) in [6, 6.07) is 4.35. The Hall–Kier alpha value is -1.15. The van der Waals surface area contributed by atoms with Crippen LogP contribution in [0.2, 0.25) is 0 Å². The van der Waals surface area contributed by atoms with Gasteiger partial charge in [-0.15, -0.1) is 6.58 Å². The SMILES string of the molecule is C=CCCCCCC(N)c1cc(C)nc(C)c1. The topological polar surface area (TPSA) is 38.9 Å². The van der Waals surface area contributed by atoms with E-state index in [1.54, 1.807) is 0 Å². The summed E-state index contributed by atoms with van der Waals surface area (Å²) in [5, 5.41) is 0. The average Bonchev–Trinajstić information content (AvgIpc) is 2.27. The van der Waals surface area contributed by atoms with Crippen LogP contribution in [0.25, 0.3) is 0 Å². The average molecular weight is 232 g/mol. The van der Waals surface area contributed by atoms with Crippen LogP contribution in [0.15, 0.2) is 24.8 Å². The second-order valence-corrected chi connectivity index (χ2v) is 4.72. The van der Waals surface area contributed by atoms with Crippen molar-refractivity contribution in [3.05, 3.63) is 41.7 Å². The second kappa shape index (κ2) is 7.23. The monoisotopic (exact) mass is 232 g/mol. The Labute approximate surface area is 105 Å². The molecule has 1 heterocycles. The fourth-order valence-electron chi connectivity index (χ4n) is 2.08. The van der Waals surface area contributed by atoms with Crippen molar-refractivity contribution in [2.45, 2.75) is 52.0 Å². The Bertz CT molecular complexity index is 338. The number of unbranched alkanes of at least 4 members (excludes halogenated alkanes) is 3. The van der Waals surface area contributed by atoms with Crippen LogP contribution in [0.5, 0.6) is 0 Å². The number of nitrogens with zero attached hydrogens (tertiary/aromatic N) is 1. The first-order chi connectivity index (χ1) is 8.13. The number of rotatable bonds is 7. The Kier molecular flexibility index (Phi) is 5.92. The zero-order chi connectivity index (χ0) is 12.7. The molecule has 0 aromatic carbocycles. The van der Waals surface area contributed by atoms with Gasteiger partial charge >= 0.3 is 0 Å². The smallest absolute Gasteiger partial charge is 0.0379 e. The Morgan fingerprint density at radius 3 is 2.47 bits per heavy atom. The van der Waals surface area contributed by atoms with E-state index in [0.29, 0.717) is 0 Å². The van der Waals surface area contributed by atoms with Crippen LogP contribution in [0, 0.1) is 13.8 Å². The van der Waals surface area contributed by atoms with Gasteiger partial charge in [0, 0.05) is 17.4 Å². The molecule has 0 saturated carbocycles. The first kappa shape index (κ1) is 13.9. The van der Waals surface area contributed by atoms with Crippen molar-refractivity contribution in [2.75, 3.05) is 0 Å². The fourth-order valence-corrected chi connectivity index (χ4v) is 2.08. The maximum Gasteiger partial charge on any atom is 0.0379 e. The normalized spacial score (nSPS) is 12.4. The van der Waals surface area contributed by atoms with Gasteiger partial charge in [0.1, 0.15) is 0 Å². The molecule has 0 fully saturated rings. The molecule has 0 aliphatic heterocycles. The molecule has 0 saturated heterocycles. The quantitative estimate of drug-likeness (QED) is 0.573. The minimum atomic E-state index is 0.152. The van der Waals surface area contributed by atoms with Crippen LogP contribution < -0.4 is 5.73 Å². The molecule has 1 atom stereocenters.